The Morgan fingerprint density at radius 2 is 2.11 bits per heavy atom. The van der Waals surface area contributed by atoms with Crippen molar-refractivity contribution in [2.75, 3.05) is 6.54 Å². The van der Waals surface area contributed by atoms with Crippen LogP contribution in [0.25, 0.3) is 0 Å². The zero-order valence-electron chi connectivity index (χ0n) is 10.8. The van der Waals surface area contributed by atoms with E-state index < -0.39 is 11.9 Å². The average molecular weight is 261 g/mol. The number of hydrogen-bond donors (Lipinski definition) is 3. The number of rotatable bonds is 5. The lowest BCUT2D eigenvalue weighted by Crippen LogP contribution is -2.51. The zero-order valence-corrected chi connectivity index (χ0v) is 10.8. The van der Waals surface area contributed by atoms with Crippen molar-refractivity contribution in [1.82, 2.24) is 10.6 Å². The van der Waals surface area contributed by atoms with Gasteiger partial charge in [0.05, 0.1) is 6.04 Å². The van der Waals surface area contributed by atoms with E-state index in [4.69, 9.17) is 5.73 Å². The molecule has 1 fully saturated rings. The second-order valence-corrected chi connectivity index (χ2v) is 4.80. The monoisotopic (exact) mass is 261 g/mol. The van der Waals surface area contributed by atoms with Crippen molar-refractivity contribution >= 4 is 11.8 Å². The van der Waals surface area contributed by atoms with E-state index in [0.717, 1.165) is 24.9 Å². The minimum absolute atomic E-state index is 0.141. The summed E-state index contributed by atoms with van der Waals surface area (Å²) < 4.78 is 0. The molecule has 0 aromatic heterocycles. The summed E-state index contributed by atoms with van der Waals surface area (Å²) in [4.78, 5) is 23.4. The summed E-state index contributed by atoms with van der Waals surface area (Å²) in [5, 5.41) is 5.83. The highest BCUT2D eigenvalue weighted by atomic mass is 16.2. The standard InChI is InChI=1S/C14H19N3O2/c15-13(18)12(9-10-5-2-1-3-6-10)17-14(19)11-7-4-8-16-11/h1-3,5-6,11-12,16H,4,7-9H2,(H2,15,18)(H,17,19)/t11-,12+/m1/s1. The van der Waals surface area contributed by atoms with Crippen LogP contribution in [0.2, 0.25) is 0 Å². The Labute approximate surface area is 112 Å². The molecular weight excluding hydrogens is 242 g/mol. The molecule has 0 unspecified atom stereocenters. The number of benzene rings is 1. The number of amides is 2. The lowest BCUT2D eigenvalue weighted by Gasteiger charge is -2.18. The largest absolute Gasteiger partial charge is 0.368 e. The van der Waals surface area contributed by atoms with E-state index in [1.165, 1.54) is 0 Å². The molecular formula is C14H19N3O2. The second-order valence-electron chi connectivity index (χ2n) is 4.80. The molecule has 0 saturated carbocycles. The third kappa shape index (κ3) is 3.79. The van der Waals surface area contributed by atoms with E-state index in [1.807, 2.05) is 30.3 Å². The van der Waals surface area contributed by atoms with Crippen LogP contribution in [0.1, 0.15) is 18.4 Å². The van der Waals surface area contributed by atoms with Gasteiger partial charge in [0.1, 0.15) is 6.04 Å². The van der Waals surface area contributed by atoms with Gasteiger partial charge in [0.15, 0.2) is 0 Å². The van der Waals surface area contributed by atoms with Crippen molar-refractivity contribution in [3.8, 4) is 0 Å². The van der Waals surface area contributed by atoms with E-state index >= 15 is 0 Å². The van der Waals surface area contributed by atoms with Gasteiger partial charge in [-0.05, 0) is 24.9 Å². The first-order valence-corrected chi connectivity index (χ1v) is 6.54. The molecule has 0 aliphatic carbocycles. The number of carbonyl (C=O) groups excluding carboxylic acids is 2. The van der Waals surface area contributed by atoms with Crippen molar-refractivity contribution in [2.45, 2.75) is 31.3 Å². The third-order valence-electron chi connectivity index (χ3n) is 3.32. The Morgan fingerprint density at radius 1 is 1.37 bits per heavy atom. The topological polar surface area (TPSA) is 84.2 Å². The number of hydrogen-bond acceptors (Lipinski definition) is 3. The highest BCUT2D eigenvalue weighted by molar-refractivity contribution is 5.89. The quantitative estimate of drug-likeness (QED) is 0.695. The molecule has 1 aliphatic rings. The van der Waals surface area contributed by atoms with E-state index in [2.05, 4.69) is 10.6 Å². The van der Waals surface area contributed by atoms with Gasteiger partial charge in [-0.2, -0.15) is 0 Å². The number of nitrogens with one attached hydrogen (secondary N) is 2. The van der Waals surface area contributed by atoms with Crippen molar-refractivity contribution < 1.29 is 9.59 Å². The Bertz CT molecular complexity index is 441. The highest BCUT2D eigenvalue weighted by Crippen LogP contribution is 2.07. The van der Waals surface area contributed by atoms with Crippen molar-refractivity contribution in [2.24, 2.45) is 5.73 Å². The smallest absolute Gasteiger partial charge is 0.240 e. The maximum atomic E-state index is 12.0. The van der Waals surface area contributed by atoms with Gasteiger partial charge in [0, 0.05) is 6.42 Å². The van der Waals surface area contributed by atoms with Gasteiger partial charge in [0.25, 0.3) is 0 Å². The van der Waals surface area contributed by atoms with Gasteiger partial charge in [0.2, 0.25) is 11.8 Å². The van der Waals surface area contributed by atoms with Gasteiger partial charge in [-0.3, -0.25) is 9.59 Å². The first-order valence-electron chi connectivity index (χ1n) is 6.54. The van der Waals surface area contributed by atoms with Crippen LogP contribution in [0.4, 0.5) is 0 Å². The summed E-state index contributed by atoms with van der Waals surface area (Å²) in [6.07, 6.45) is 2.22. The fourth-order valence-electron chi connectivity index (χ4n) is 2.25. The Kier molecular flexibility index (Phi) is 4.52. The average Bonchev–Trinajstić information content (AvgIpc) is 2.93. The van der Waals surface area contributed by atoms with Gasteiger partial charge < -0.3 is 16.4 Å². The van der Waals surface area contributed by atoms with Gasteiger partial charge in [-0.1, -0.05) is 30.3 Å². The van der Waals surface area contributed by atoms with Crippen LogP contribution in [0.3, 0.4) is 0 Å². The number of carbonyl (C=O) groups is 2. The molecule has 5 nitrogen and oxygen atoms in total. The van der Waals surface area contributed by atoms with E-state index in [1.54, 1.807) is 0 Å². The molecule has 1 heterocycles. The maximum Gasteiger partial charge on any atom is 0.240 e. The molecule has 0 spiro atoms. The van der Waals surface area contributed by atoms with E-state index in [0.29, 0.717) is 6.42 Å². The molecule has 2 atom stereocenters. The summed E-state index contributed by atoms with van der Waals surface area (Å²) in [6.45, 7) is 0.845. The number of nitrogens with two attached hydrogens (primary N) is 1. The van der Waals surface area contributed by atoms with E-state index in [-0.39, 0.29) is 11.9 Å². The Morgan fingerprint density at radius 3 is 2.68 bits per heavy atom. The maximum absolute atomic E-state index is 12.0. The predicted octanol–water partition coefficient (Wildman–Crippen LogP) is -0.0488. The Hall–Kier alpha value is -1.88. The SMILES string of the molecule is NC(=O)[C@H](Cc1ccccc1)NC(=O)[C@H]1CCCN1. The summed E-state index contributed by atoms with van der Waals surface area (Å²) in [5.74, 6) is -0.646. The molecule has 2 amide bonds. The minimum Gasteiger partial charge on any atom is -0.368 e. The van der Waals surface area contributed by atoms with Crippen LogP contribution in [-0.2, 0) is 16.0 Å². The van der Waals surface area contributed by atoms with Crippen LogP contribution >= 0.6 is 0 Å². The van der Waals surface area contributed by atoms with Crippen LogP contribution in [0.5, 0.6) is 0 Å². The molecule has 102 valence electrons. The van der Waals surface area contributed by atoms with Gasteiger partial charge in [-0.25, -0.2) is 0 Å². The molecule has 1 saturated heterocycles. The van der Waals surface area contributed by atoms with Crippen molar-refractivity contribution in [1.29, 1.82) is 0 Å². The summed E-state index contributed by atoms with van der Waals surface area (Å²) in [5.41, 5.74) is 6.34. The lowest BCUT2D eigenvalue weighted by atomic mass is 10.0. The van der Waals surface area contributed by atoms with Gasteiger partial charge in [-0.15, -0.1) is 0 Å². The van der Waals surface area contributed by atoms with E-state index in [9.17, 15) is 9.59 Å². The predicted molar refractivity (Wildman–Crippen MR) is 72.3 cm³/mol. The lowest BCUT2D eigenvalue weighted by molar-refractivity contribution is -0.128. The zero-order chi connectivity index (χ0) is 13.7. The number of primary amides is 1. The molecule has 5 heteroatoms. The summed E-state index contributed by atoms with van der Waals surface area (Å²) in [6, 6.07) is 8.67. The third-order valence-corrected chi connectivity index (χ3v) is 3.32. The molecule has 1 aromatic rings. The van der Waals surface area contributed by atoms with Crippen molar-refractivity contribution in [3.05, 3.63) is 35.9 Å². The van der Waals surface area contributed by atoms with Crippen LogP contribution in [0, 0.1) is 0 Å². The molecule has 4 N–H and O–H groups in total. The molecule has 2 rings (SSSR count). The summed E-state index contributed by atoms with van der Waals surface area (Å²) >= 11 is 0. The molecule has 19 heavy (non-hydrogen) atoms. The molecule has 0 radical (unpaired) electrons. The van der Waals surface area contributed by atoms with Crippen LogP contribution in [-0.4, -0.2) is 30.4 Å². The Balaban J connectivity index is 1.96. The fourth-order valence-corrected chi connectivity index (χ4v) is 2.25. The van der Waals surface area contributed by atoms with Crippen molar-refractivity contribution in [3.63, 3.8) is 0 Å². The van der Waals surface area contributed by atoms with Crippen LogP contribution in [0.15, 0.2) is 30.3 Å². The first-order chi connectivity index (χ1) is 9.16. The molecule has 1 aliphatic heterocycles. The highest BCUT2D eigenvalue weighted by Gasteiger charge is 2.26. The molecule has 0 bridgehead atoms. The van der Waals surface area contributed by atoms with Crippen LogP contribution < -0.4 is 16.4 Å². The first kappa shape index (κ1) is 13.5. The van der Waals surface area contributed by atoms with Gasteiger partial charge >= 0.3 is 0 Å². The molecule has 1 aromatic carbocycles. The fraction of sp³-hybridized carbons (Fsp3) is 0.429. The second kappa shape index (κ2) is 6.33. The summed E-state index contributed by atoms with van der Waals surface area (Å²) in [7, 11) is 0. The normalized spacial score (nSPS) is 19.9. The minimum atomic E-state index is -0.655.